The number of thioether (sulfide) groups is 1. The summed E-state index contributed by atoms with van der Waals surface area (Å²) in [6.07, 6.45) is 2.43. The second-order valence-corrected chi connectivity index (χ2v) is 7.38. The number of hydrogen-bond acceptors (Lipinski definition) is 4. The quantitative estimate of drug-likeness (QED) is 0.578. The molecule has 0 bridgehead atoms. The van der Waals surface area contributed by atoms with Crippen LogP contribution >= 0.6 is 11.8 Å². The van der Waals surface area contributed by atoms with Crippen LogP contribution in [0.15, 0.2) is 53.7 Å². The number of imidazole rings is 1. The summed E-state index contributed by atoms with van der Waals surface area (Å²) in [5.41, 5.74) is 2.73. The number of hydrogen-bond donors (Lipinski definition) is 1. The van der Waals surface area contributed by atoms with Crippen LogP contribution < -0.4 is 9.72 Å². The summed E-state index contributed by atoms with van der Waals surface area (Å²) in [5, 5.41) is 8.83. The maximum atomic E-state index is 8.83. The molecule has 0 atom stereocenters. The Bertz CT molecular complexity index is 782. The van der Waals surface area contributed by atoms with E-state index in [4.69, 9.17) is 9.84 Å². The first kappa shape index (κ1) is 23.2. The Morgan fingerprint density at radius 3 is 2.38 bits per heavy atom. The zero-order valence-corrected chi connectivity index (χ0v) is 19.4. The van der Waals surface area contributed by atoms with Gasteiger partial charge in [0.2, 0.25) is 0 Å². The summed E-state index contributed by atoms with van der Waals surface area (Å²) in [5.74, 6) is 1.83. The molecule has 0 spiro atoms. The molecule has 3 rings (SSSR count). The van der Waals surface area contributed by atoms with Crippen LogP contribution in [0.1, 0.15) is 32.8 Å². The second kappa shape index (κ2) is 11.1. The van der Waals surface area contributed by atoms with Crippen molar-refractivity contribution in [3.8, 4) is 5.75 Å². The van der Waals surface area contributed by atoms with E-state index in [1.807, 2.05) is 25.1 Å². The van der Waals surface area contributed by atoms with Gasteiger partial charge in [0.05, 0.1) is 12.7 Å². The molecule has 26 heavy (non-hydrogen) atoms. The van der Waals surface area contributed by atoms with E-state index in [2.05, 4.69) is 34.2 Å². The maximum absolute atomic E-state index is 8.83. The van der Waals surface area contributed by atoms with Gasteiger partial charge in [-0.25, -0.2) is 0 Å². The first-order valence-electron chi connectivity index (χ1n) is 8.27. The van der Waals surface area contributed by atoms with Gasteiger partial charge in [-0.15, -0.1) is 11.8 Å². The van der Waals surface area contributed by atoms with Crippen molar-refractivity contribution in [3.05, 3.63) is 54.4 Å². The van der Waals surface area contributed by atoms with E-state index in [0.29, 0.717) is 0 Å². The van der Waals surface area contributed by atoms with Crippen molar-refractivity contribution in [2.24, 2.45) is 0 Å². The number of benzene rings is 2. The first-order valence-corrected chi connectivity index (χ1v) is 9.25. The van der Waals surface area contributed by atoms with Crippen molar-refractivity contribution < 1.29 is 42.6 Å². The van der Waals surface area contributed by atoms with Crippen molar-refractivity contribution in [1.82, 2.24) is 9.97 Å². The number of nitrogens with zero attached hydrogens (tertiary/aromatic N) is 2. The molecule has 0 aliphatic heterocycles. The van der Waals surface area contributed by atoms with Gasteiger partial charge in [0, 0.05) is 43.4 Å². The molecule has 0 unspecified atom stereocenters. The molecule has 0 aliphatic rings. The maximum Gasteiger partial charge on any atom is 0.118 e. The van der Waals surface area contributed by atoms with Crippen LogP contribution in [0, 0.1) is 0 Å². The van der Waals surface area contributed by atoms with E-state index in [-0.39, 0.29) is 32.7 Å². The van der Waals surface area contributed by atoms with Crippen LogP contribution in [0.4, 0.5) is 0 Å². The molecular weight excluding hydrogens is 421 g/mol. The Morgan fingerprint density at radius 2 is 1.81 bits per heavy atom. The van der Waals surface area contributed by atoms with E-state index in [1.54, 1.807) is 39.0 Å². The number of fused-ring (bicyclic) bond motifs is 1. The molecule has 1 aromatic heterocycles. The number of aromatic nitrogens is 2. The van der Waals surface area contributed by atoms with E-state index < -0.39 is 5.60 Å². The van der Waals surface area contributed by atoms with Crippen LogP contribution in [0.3, 0.4) is 0 Å². The van der Waals surface area contributed by atoms with Crippen LogP contribution in [0.2, 0.25) is 0 Å². The van der Waals surface area contributed by atoms with Gasteiger partial charge in [-0.1, -0.05) is 31.5 Å². The Kier molecular flexibility index (Phi) is 9.87. The summed E-state index contributed by atoms with van der Waals surface area (Å²) in [7, 11) is 1.68. The van der Waals surface area contributed by atoms with Crippen molar-refractivity contribution in [1.29, 1.82) is 0 Å². The molecule has 1 radical (unpaired) electrons. The minimum absolute atomic E-state index is 0. The predicted molar refractivity (Wildman–Crippen MR) is 104 cm³/mol. The van der Waals surface area contributed by atoms with Gasteiger partial charge in [-0.3, -0.25) is 0 Å². The fourth-order valence-electron chi connectivity index (χ4n) is 1.85. The molecule has 0 saturated heterocycles. The first-order chi connectivity index (χ1) is 11.9. The van der Waals surface area contributed by atoms with E-state index in [1.165, 1.54) is 10.5 Å². The zero-order valence-electron chi connectivity index (χ0n) is 15.8. The number of aliphatic hydroxyl groups is 1. The van der Waals surface area contributed by atoms with Gasteiger partial charge in [0.15, 0.2) is 0 Å². The Labute approximate surface area is 185 Å². The smallest absolute Gasteiger partial charge is 0.118 e. The molecule has 0 fully saturated rings. The average molecular weight is 446 g/mol. The fraction of sp³-hybridized carbons (Fsp3) is 0.350. The van der Waals surface area contributed by atoms with E-state index >= 15 is 0 Å². The van der Waals surface area contributed by atoms with Crippen LogP contribution in [-0.2, 0) is 38.5 Å². The van der Waals surface area contributed by atoms with Gasteiger partial charge in [-0.05, 0) is 61.1 Å². The molecule has 2 aromatic carbocycles. The third-order valence-electron chi connectivity index (χ3n) is 3.77. The van der Waals surface area contributed by atoms with Gasteiger partial charge in [0.25, 0.3) is 0 Å². The predicted octanol–water partition coefficient (Wildman–Crippen LogP) is 4.66. The third-order valence-corrected chi connectivity index (χ3v) is 4.84. The summed E-state index contributed by atoms with van der Waals surface area (Å²) in [6, 6.07) is 14.3. The normalized spacial score (nSPS) is 10.7. The Morgan fingerprint density at radius 1 is 1.15 bits per heavy atom. The van der Waals surface area contributed by atoms with Crippen LogP contribution in [0.25, 0.3) is 11.0 Å². The molecule has 0 amide bonds. The fourth-order valence-corrected chi connectivity index (χ4v) is 2.73. The van der Waals surface area contributed by atoms with E-state index in [0.717, 1.165) is 29.0 Å². The molecule has 0 saturated carbocycles. The summed E-state index contributed by atoms with van der Waals surface area (Å²) in [6.45, 7) is 5.56. The molecular formula is C20H25N2O2SY-. The van der Waals surface area contributed by atoms with Crippen molar-refractivity contribution in [2.75, 3.05) is 7.11 Å². The summed E-state index contributed by atoms with van der Waals surface area (Å²) >= 11 is 1.80. The number of methoxy groups -OCH3 is 1. The van der Waals surface area contributed by atoms with Crippen molar-refractivity contribution >= 4 is 22.8 Å². The summed E-state index contributed by atoms with van der Waals surface area (Å²) < 4.78 is 5.15. The second-order valence-electron chi connectivity index (χ2n) is 6.33. The molecule has 3 aromatic rings. The minimum Gasteiger partial charge on any atom is -0.497 e. The molecule has 0 aliphatic carbocycles. The van der Waals surface area contributed by atoms with Crippen molar-refractivity contribution in [3.63, 3.8) is 0 Å². The number of rotatable bonds is 5. The van der Waals surface area contributed by atoms with E-state index in [9.17, 15) is 0 Å². The van der Waals surface area contributed by atoms with Gasteiger partial charge in [0.1, 0.15) is 5.75 Å². The zero-order chi connectivity index (χ0) is 18.3. The van der Waals surface area contributed by atoms with Crippen LogP contribution in [-0.4, -0.2) is 22.8 Å². The Hall–Kier alpha value is -0.876. The Balaban J connectivity index is 0.000000422. The molecule has 6 heteroatoms. The van der Waals surface area contributed by atoms with Gasteiger partial charge >= 0.3 is 0 Å². The largest absolute Gasteiger partial charge is 0.497 e. The third kappa shape index (κ3) is 7.79. The topological polar surface area (TPSA) is 56.5 Å². The summed E-state index contributed by atoms with van der Waals surface area (Å²) in [4.78, 5) is 9.59. The molecule has 4 nitrogen and oxygen atoms in total. The molecule has 137 valence electrons. The van der Waals surface area contributed by atoms with Gasteiger partial charge in [-0.2, -0.15) is 0 Å². The number of ether oxygens (including phenoxy) is 1. The SMILES string of the molecule is CCC(C)(C)O.COc1ccc(CSc2ccc3[n-]cnc3c2)cc1.[Y]. The minimum atomic E-state index is -0.458. The average Bonchev–Trinajstić information content (AvgIpc) is 3.08. The molecule has 1 N–H and O–H groups in total. The monoisotopic (exact) mass is 446 g/mol. The van der Waals surface area contributed by atoms with Crippen molar-refractivity contribution in [2.45, 2.75) is 43.4 Å². The standard InChI is InChI=1S/C15H13N2OS.C5H12O.Y/c1-18-12-4-2-11(3-5-12)9-19-13-6-7-14-15(8-13)17-10-16-14;1-4-5(2,3)6;/h2-8,10H,9H2,1H3;6H,4H2,1-3H3;/q-1;;. The van der Waals surface area contributed by atoms with Crippen LogP contribution in [0.5, 0.6) is 5.75 Å². The van der Waals surface area contributed by atoms with Gasteiger partial charge < -0.3 is 19.8 Å². The molecule has 1 heterocycles.